The first-order valence-corrected chi connectivity index (χ1v) is 8.04. The molecule has 9 heteroatoms. The van der Waals surface area contributed by atoms with Gasteiger partial charge >= 0.3 is 5.97 Å². The van der Waals surface area contributed by atoms with Crippen molar-refractivity contribution >= 4 is 31.9 Å². The molecule has 2 aromatic heterocycles. The highest BCUT2D eigenvalue weighted by Gasteiger charge is 2.26. The number of aromatic carboxylic acids is 1. The SMILES string of the molecule is C[C@H](NS(=O)(=O)c1cc(C(=O)O)oc1Br)c1ccncc1. The molecule has 2 N–H and O–H groups in total. The summed E-state index contributed by atoms with van der Waals surface area (Å²) in [5.41, 5.74) is 0.728. The maximum atomic E-state index is 12.3. The number of carbonyl (C=O) groups is 1. The summed E-state index contributed by atoms with van der Waals surface area (Å²) >= 11 is 2.91. The van der Waals surface area contributed by atoms with Crippen molar-refractivity contribution in [3.8, 4) is 0 Å². The molecule has 0 aliphatic heterocycles. The lowest BCUT2D eigenvalue weighted by molar-refractivity contribution is 0.0661. The van der Waals surface area contributed by atoms with Crippen LogP contribution in [0.5, 0.6) is 0 Å². The summed E-state index contributed by atoms with van der Waals surface area (Å²) in [6.07, 6.45) is 3.10. The van der Waals surface area contributed by atoms with Crippen molar-refractivity contribution in [1.29, 1.82) is 0 Å². The first-order chi connectivity index (χ1) is 9.81. The van der Waals surface area contributed by atoms with Gasteiger partial charge in [-0.05, 0) is 40.5 Å². The Morgan fingerprint density at radius 1 is 1.43 bits per heavy atom. The van der Waals surface area contributed by atoms with Gasteiger partial charge in [0.1, 0.15) is 4.90 Å². The minimum Gasteiger partial charge on any atom is -0.475 e. The number of pyridine rings is 1. The predicted molar refractivity (Wildman–Crippen MR) is 76.3 cm³/mol. The van der Waals surface area contributed by atoms with Crippen molar-refractivity contribution in [2.75, 3.05) is 0 Å². The van der Waals surface area contributed by atoms with Crippen LogP contribution < -0.4 is 4.72 Å². The van der Waals surface area contributed by atoms with Crippen molar-refractivity contribution in [3.63, 3.8) is 0 Å². The average molecular weight is 375 g/mol. The number of furan rings is 1. The molecule has 2 rings (SSSR count). The summed E-state index contributed by atoms with van der Waals surface area (Å²) < 4.78 is 31.6. The highest BCUT2D eigenvalue weighted by molar-refractivity contribution is 9.10. The lowest BCUT2D eigenvalue weighted by atomic mass is 10.1. The molecule has 112 valence electrons. The first kappa shape index (κ1) is 15.7. The molecule has 0 aliphatic carbocycles. The number of hydrogen-bond donors (Lipinski definition) is 2. The third kappa shape index (κ3) is 3.49. The number of rotatable bonds is 5. The Kier molecular flexibility index (Phi) is 4.45. The smallest absolute Gasteiger partial charge is 0.371 e. The number of halogens is 1. The second kappa shape index (κ2) is 5.96. The molecule has 0 aliphatic rings. The number of nitrogens with zero attached hydrogens (tertiary/aromatic N) is 1. The molecule has 0 aromatic carbocycles. The highest BCUT2D eigenvalue weighted by atomic mass is 79.9. The van der Waals surface area contributed by atoms with Crippen LogP contribution in [-0.2, 0) is 10.0 Å². The molecule has 0 bridgehead atoms. The van der Waals surface area contributed by atoms with Gasteiger partial charge in [0.25, 0.3) is 0 Å². The first-order valence-electron chi connectivity index (χ1n) is 5.76. The zero-order valence-electron chi connectivity index (χ0n) is 10.8. The summed E-state index contributed by atoms with van der Waals surface area (Å²) in [6, 6.07) is 3.81. The molecule has 0 spiro atoms. The Morgan fingerprint density at radius 2 is 2.05 bits per heavy atom. The van der Waals surface area contributed by atoms with E-state index in [4.69, 9.17) is 9.52 Å². The molecule has 1 atom stereocenters. The zero-order valence-corrected chi connectivity index (χ0v) is 13.2. The fourth-order valence-electron chi connectivity index (χ4n) is 1.66. The van der Waals surface area contributed by atoms with E-state index in [0.29, 0.717) is 0 Å². The molecule has 0 radical (unpaired) electrons. The van der Waals surface area contributed by atoms with Gasteiger partial charge in [0, 0.05) is 24.5 Å². The van der Waals surface area contributed by atoms with Gasteiger partial charge in [-0.25, -0.2) is 17.9 Å². The van der Waals surface area contributed by atoms with Gasteiger partial charge in [0.15, 0.2) is 4.67 Å². The van der Waals surface area contributed by atoms with Gasteiger partial charge in [-0.2, -0.15) is 0 Å². The molecule has 0 fully saturated rings. The van der Waals surface area contributed by atoms with Crippen LogP contribution in [0.1, 0.15) is 29.1 Å². The number of carboxylic acids is 1. The van der Waals surface area contributed by atoms with Crippen LogP contribution in [0, 0.1) is 0 Å². The third-order valence-corrected chi connectivity index (χ3v) is 5.09. The van der Waals surface area contributed by atoms with E-state index in [1.54, 1.807) is 31.5 Å². The van der Waals surface area contributed by atoms with Crippen LogP contribution in [0.25, 0.3) is 0 Å². The number of nitrogens with one attached hydrogen (secondary N) is 1. The van der Waals surface area contributed by atoms with Crippen LogP contribution >= 0.6 is 15.9 Å². The van der Waals surface area contributed by atoms with E-state index in [-0.39, 0.29) is 9.56 Å². The molecule has 7 nitrogen and oxygen atoms in total. The van der Waals surface area contributed by atoms with Crippen LogP contribution in [0.2, 0.25) is 0 Å². The number of aromatic nitrogens is 1. The van der Waals surface area contributed by atoms with E-state index < -0.39 is 27.8 Å². The van der Waals surface area contributed by atoms with Gasteiger partial charge < -0.3 is 9.52 Å². The molecular weight excluding hydrogens is 364 g/mol. The van der Waals surface area contributed by atoms with Crippen LogP contribution in [0.3, 0.4) is 0 Å². The van der Waals surface area contributed by atoms with Crippen LogP contribution in [0.4, 0.5) is 0 Å². The third-order valence-electron chi connectivity index (χ3n) is 2.69. The summed E-state index contributed by atoms with van der Waals surface area (Å²) in [6.45, 7) is 1.67. The Labute approximate surface area is 129 Å². The Bertz CT molecular complexity index is 757. The van der Waals surface area contributed by atoms with Crippen LogP contribution in [0.15, 0.2) is 44.6 Å². The number of hydrogen-bond acceptors (Lipinski definition) is 5. The van der Waals surface area contributed by atoms with Crippen molar-refractivity contribution in [2.45, 2.75) is 17.9 Å². The molecule has 2 aromatic rings. The molecule has 0 amide bonds. The summed E-state index contributed by atoms with van der Waals surface area (Å²) in [4.78, 5) is 14.4. The maximum Gasteiger partial charge on any atom is 0.371 e. The van der Waals surface area contributed by atoms with Crippen molar-refractivity contribution < 1.29 is 22.7 Å². The fourth-order valence-corrected chi connectivity index (χ4v) is 3.83. The molecule has 0 saturated heterocycles. The van der Waals surface area contributed by atoms with E-state index in [9.17, 15) is 13.2 Å². The lowest BCUT2D eigenvalue weighted by Crippen LogP contribution is -2.26. The quantitative estimate of drug-likeness (QED) is 0.829. The number of sulfonamides is 1. The predicted octanol–water partition coefficient (Wildman–Crippen LogP) is 2.17. The van der Waals surface area contributed by atoms with Crippen molar-refractivity contribution in [2.24, 2.45) is 0 Å². The second-order valence-electron chi connectivity index (χ2n) is 4.18. The van der Waals surface area contributed by atoms with Crippen molar-refractivity contribution in [3.05, 3.63) is 46.6 Å². The Morgan fingerprint density at radius 3 is 2.57 bits per heavy atom. The normalized spacial score (nSPS) is 13.0. The van der Waals surface area contributed by atoms with Gasteiger partial charge in [0.2, 0.25) is 15.8 Å². The Hall–Kier alpha value is -1.71. The summed E-state index contributed by atoms with van der Waals surface area (Å²) in [7, 11) is -3.93. The Balaban J connectivity index is 2.29. The summed E-state index contributed by atoms with van der Waals surface area (Å²) in [5.74, 6) is -1.81. The monoisotopic (exact) mass is 374 g/mol. The van der Waals surface area contributed by atoms with Gasteiger partial charge in [0.05, 0.1) is 0 Å². The second-order valence-corrected chi connectivity index (χ2v) is 6.58. The minimum atomic E-state index is -3.93. The highest BCUT2D eigenvalue weighted by Crippen LogP contribution is 2.27. The number of carboxylic acid groups (broad SMARTS) is 1. The average Bonchev–Trinajstić information content (AvgIpc) is 2.82. The van der Waals surface area contributed by atoms with E-state index in [0.717, 1.165) is 11.6 Å². The van der Waals surface area contributed by atoms with E-state index >= 15 is 0 Å². The van der Waals surface area contributed by atoms with Crippen LogP contribution in [-0.4, -0.2) is 24.5 Å². The van der Waals surface area contributed by atoms with Gasteiger partial charge in [-0.15, -0.1) is 0 Å². The van der Waals surface area contributed by atoms with E-state index in [1.165, 1.54) is 0 Å². The standard InChI is InChI=1S/C12H11BrN2O5S/c1-7(8-2-4-14-5-3-8)15-21(18,19)10-6-9(12(16)17)20-11(10)13/h2-7,15H,1H3,(H,16,17)/t7-/m0/s1. The van der Waals surface area contributed by atoms with Crippen molar-refractivity contribution in [1.82, 2.24) is 9.71 Å². The largest absolute Gasteiger partial charge is 0.475 e. The molecule has 0 unspecified atom stereocenters. The molecule has 0 saturated carbocycles. The topological polar surface area (TPSA) is 110 Å². The zero-order chi connectivity index (χ0) is 15.6. The molecule has 2 heterocycles. The van der Waals surface area contributed by atoms with E-state index in [2.05, 4.69) is 25.6 Å². The lowest BCUT2D eigenvalue weighted by Gasteiger charge is -2.13. The maximum absolute atomic E-state index is 12.3. The molecular formula is C12H11BrN2O5S. The van der Waals surface area contributed by atoms with E-state index in [1.807, 2.05) is 0 Å². The summed E-state index contributed by atoms with van der Waals surface area (Å²) in [5, 5.41) is 8.81. The molecule has 21 heavy (non-hydrogen) atoms. The van der Waals surface area contributed by atoms with Gasteiger partial charge in [-0.1, -0.05) is 0 Å². The minimum absolute atomic E-state index is 0.158. The van der Waals surface area contributed by atoms with Gasteiger partial charge in [-0.3, -0.25) is 4.98 Å². The fraction of sp³-hybridized carbons (Fsp3) is 0.167.